The number of hydrogen-bond donors (Lipinski definition) is 1. The molecule has 0 saturated heterocycles. The van der Waals surface area contributed by atoms with Gasteiger partial charge in [-0.2, -0.15) is 4.28 Å². The van der Waals surface area contributed by atoms with E-state index in [1.54, 1.807) is 11.8 Å². The molecule has 0 fully saturated rings. The summed E-state index contributed by atoms with van der Waals surface area (Å²) in [5.74, 6) is 0.596. The summed E-state index contributed by atoms with van der Waals surface area (Å²) in [4.78, 5) is 1.27. The molecule has 1 aliphatic heterocycles. The minimum Gasteiger partial charge on any atom is -0.234 e. The lowest BCUT2D eigenvalue weighted by atomic mass is 10.0. The predicted molar refractivity (Wildman–Crippen MR) is 79.2 cm³/mol. The van der Waals surface area contributed by atoms with Crippen molar-refractivity contribution in [2.24, 2.45) is 4.40 Å². The normalized spacial score (nSPS) is 18.4. The number of nitrogens with zero attached hydrogens (tertiary/aromatic N) is 1. The molecule has 19 heavy (non-hydrogen) atoms. The van der Waals surface area contributed by atoms with E-state index in [1.807, 2.05) is 0 Å². The first-order valence-electron chi connectivity index (χ1n) is 5.75. The van der Waals surface area contributed by atoms with Gasteiger partial charge in [0.05, 0.1) is 0 Å². The third-order valence-corrected chi connectivity index (χ3v) is 4.30. The number of benzene rings is 2. The Morgan fingerprint density at radius 3 is 3.00 bits per heavy atom. The Balaban J connectivity index is 1.94. The molecule has 0 spiro atoms. The molecule has 1 atom stereocenters. The van der Waals surface area contributed by atoms with Gasteiger partial charge in [0.2, 0.25) is 0 Å². The molecule has 2 aromatic carbocycles. The van der Waals surface area contributed by atoms with Crippen LogP contribution in [0.3, 0.4) is 0 Å². The lowest BCUT2D eigenvalue weighted by molar-refractivity contribution is 0.303. The fourth-order valence-corrected chi connectivity index (χ4v) is 3.17. The summed E-state index contributed by atoms with van der Waals surface area (Å²) < 4.78 is 19.5. The third kappa shape index (κ3) is 2.65. The van der Waals surface area contributed by atoms with E-state index in [-0.39, 0.29) is 0 Å². The van der Waals surface area contributed by atoms with E-state index < -0.39 is 11.3 Å². The van der Waals surface area contributed by atoms with Crippen LogP contribution >= 0.6 is 11.8 Å². The van der Waals surface area contributed by atoms with Gasteiger partial charge in [0.25, 0.3) is 0 Å². The summed E-state index contributed by atoms with van der Waals surface area (Å²) in [6.45, 7) is 0. The van der Waals surface area contributed by atoms with E-state index in [9.17, 15) is 4.21 Å². The lowest BCUT2D eigenvalue weighted by Crippen LogP contribution is -2.18. The average molecular weight is 292 g/mol. The van der Waals surface area contributed by atoms with E-state index in [0.717, 1.165) is 5.56 Å². The van der Waals surface area contributed by atoms with E-state index in [1.165, 1.54) is 15.7 Å². The van der Waals surface area contributed by atoms with Gasteiger partial charge in [-0.25, -0.2) is 9.69 Å². The number of amidine groups is 1. The molecule has 2 aromatic rings. The third-order valence-electron chi connectivity index (χ3n) is 2.91. The molecule has 98 valence electrons. The molecule has 0 radical (unpaired) electrons. The van der Waals surface area contributed by atoms with Crippen LogP contribution in [0.15, 0.2) is 45.7 Å². The Bertz CT molecular complexity index is 685. The molecule has 0 aliphatic carbocycles. The van der Waals surface area contributed by atoms with Crippen LogP contribution in [0, 0.1) is 0 Å². The van der Waals surface area contributed by atoms with Crippen molar-refractivity contribution >= 4 is 39.6 Å². The van der Waals surface area contributed by atoms with Crippen LogP contribution in [-0.4, -0.2) is 16.3 Å². The largest absolute Gasteiger partial charge is 0.309 e. The Kier molecular flexibility index (Phi) is 3.54. The minimum atomic E-state index is -1.59. The summed E-state index contributed by atoms with van der Waals surface area (Å²) in [6, 6.07) is 12.6. The first kappa shape index (κ1) is 12.7. The predicted octanol–water partition coefficient (Wildman–Crippen LogP) is 2.62. The van der Waals surface area contributed by atoms with Crippen LogP contribution in [0.4, 0.5) is 0 Å². The van der Waals surface area contributed by atoms with Gasteiger partial charge in [-0.3, -0.25) is 0 Å². The van der Waals surface area contributed by atoms with Crippen molar-refractivity contribution in [3.05, 3.63) is 42.0 Å². The molecule has 1 unspecified atom stereocenters. The van der Waals surface area contributed by atoms with Gasteiger partial charge in [-0.1, -0.05) is 30.3 Å². The monoisotopic (exact) mass is 292 g/mol. The standard InChI is InChI=1S/C13H12N2O2S2/c1-18-12-4-2-3-10-7-9(5-6-11(10)12)8-13-14-17-19(16)15-13/h2-7H,8H2,1H3,(H,14,15). The molecule has 3 rings (SSSR count). The summed E-state index contributed by atoms with van der Waals surface area (Å²) in [6.07, 6.45) is 2.66. The van der Waals surface area contributed by atoms with E-state index in [4.69, 9.17) is 0 Å². The molecule has 1 heterocycles. The number of fused-ring (bicyclic) bond motifs is 1. The SMILES string of the molecule is CSc1cccc2cc(CC3=NS(=O)ON3)ccc12. The van der Waals surface area contributed by atoms with Crippen LogP contribution in [0.25, 0.3) is 10.8 Å². The van der Waals surface area contributed by atoms with Gasteiger partial charge >= 0.3 is 11.3 Å². The van der Waals surface area contributed by atoms with Crippen LogP contribution in [0.2, 0.25) is 0 Å². The molecular formula is C13H12N2O2S2. The topological polar surface area (TPSA) is 50.7 Å². The summed E-state index contributed by atoms with van der Waals surface area (Å²) in [5, 5.41) is 2.45. The number of hydrogen-bond acceptors (Lipinski definition) is 4. The van der Waals surface area contributed by atoms with Crippen LogP contribution < -0.4 is 5.48 Å². The van der Waals surface area contributed by atoms with Crippen molar-refractivity contribution in [2.75, 3.05) is 6.26 Å². The van der Waals surface area contributed by atoms with Gasteiger partial charge in [0, 0.05) is 11.3 Å². The summed E-state index contributed by atoms with van der Waals surface area (Å²) >= 11 is 0.156. The summed E-state index contributed by atoms with van der Waals surface area (Å²) in [7, 11) is 0. The Morgan fingerprint density at radius 2 is 2.26 bits per heavy atom. The highest BCUT2D eigenvalue weighted by Crippen LogP contribution is 2.27. The maximum absolute atomic E-state index is 11.0. The average Bonchev–Trinajstić information content (AvgIpc) is 2.83. The van der Waals surface area contributed by atoms with Crippen molar-refractivity contribution < 1.29 is 8.49 Å². The molecule has 4 nitrogen and oxygen atoms in total. The molecule has 6 heteroatoms. The van der Waals surface area contributed by atoms with Gasteiger partial charge in [0.15, 0.2) is 0 Å². The van der Waals surface area contributed by atoms with Gasteiger partial charge in [-0.15, -0.1) is 16.2 Å². The number of rotatable bonds is 3. The highest BCUT2D eigenvalue weighted by Gasteiger charge is 2.13. The quantitative estimate of drug-likeness (QED) is 0.884. The minimum absolute atomic E-state index is 0.588. The molecule has 0 bridgehead atoms. The van der Waals surface area contributed by atoms with Crippen LogP contribution in [0.1, 0.15) is 5.56 Å². The number of nitrogens with one attached hydrogen (secondary N) is 1. The second-order valence-electron chi connectivity index (χ2n) is 4.13. The zero-order chi connectivity index (χ0) is 13.2. The van der Waals surface area contributed by atoms with Crippen molar-refractivity contribution in [3.63, 3.8) is 0 Å². The smallest absolute Gasteiger partial charge is 0.234 e. The lowest BCUT2D eigenvalue weighted by Gasteiger charge is -2.06. The maximum Gasteiger partial charge on any atom is 0.309 e. The maximum atomic E-state index is 11.0. The molecule has 1 aliphatic rings. The second-order valence-corrected chi connectivity index (χ2v) is 5.76. The van der Waals surface area contributed by atoms with Crippen LogP contribution in [-0.2, 0) is 22.0 Å². The molecule has 0 aromatic heterocycles. The Labute approximate surface area is 118 Å². The fraction of sp³-hybridized carbons (Fsp3) is 0.154. The first-order chi connectivity index (χ1) is 9.26. The zero-order valence-electron chi connectivity index (χ0n) is 10.3. The van der Waals surface area contributed by atoms with E-state index in [0.29, 0.717) is 12.3 Å². The highest BCUT2D eigenvalue weighted by molar-refractivity contribution is 7.98. The Morgan fingerprint density at radius 1 is 1.37 bits per heavy atom. The van der Waals surface area contributed by atoms with Crippen LogP contribution in [0.5, 0.6) is 0 Å². The van der Waals surface area contributed by atoms with Crippen molar-refractivity contribution in [3.8, 4) is 0 Å². The molecule has 0 saturated carbocycles. The van der Waals surface area contributed by atoms with Gasteiger partial charge in [0.1, 0.15) is 5.84 Å². The van der Waals surface area contributed by atoms with Crippen molar-refractivity contribution in [1.29, 1.82) is 0 Å². The number of thioether (sulfide) groups is 1. The van der Waals surface area contributed by atoms with Gasteiger partial charge < -0.3 is 0 Å². The number of hydroxylamine groups is 1. The fourth-order valence-electron chi connectivity index (χ4n) is 2.06. The highest BCUT2D eigenvalue weighted by atomic mass is 32.2. The zero-order valence-corrected chi connectivity index (χ0v) is 11.9. The van der Waals surface area contributed by atoms with Gasteiger partial charge in [-0.05, 0) is 28.7 Å². The molecule has 1 N–H and O–H groups in total. The Hall–Kier alpha value is -1.37. The van der Waals surface area contributed by atoms with E-state index in [2.05, 4.69) is 56.8 Å². The first-order valence-corrected chi connectivity index (χ1v) is 8.00. The molecular weight excluding hydrogens is 280 g/mol. The summed E-state index contributed by atoms with van der Waals surface area (Å²) in [5.41, 5.74) is 3.68. The van der Waals surface area contributed by atoms with Crippen molar-refractivity contribution in [1.82, 2.24) is 5.48 Å². The second kappa shape index (κ2) is 5.32. The molecule has 0 amide bonds. The van der Waals surface area contributed by atoms with Crippen molar-refractivity contribution in [2.45, 2.75) is 11.3 Å². The van der Waals surface area contributed by atoms with E-state index >= 15 is 0 Å².